The number of piperidine rings is 1. The highest BCUT2D eigenvalue weighted by atomic mass is 19.4. The van der Waals surface area contributed by atoms with Crippen molar-refractivity contribution in [1.82, 2.24) is 4.90 Å². The zero-order valence-electron chi connectivity index (χ0n) is 15.5. The van der Waals surface area contributed by atoms with E-state index in [2.05, 4.69) is 4.90 Å². The summed E-state index contributed by atoms with van der Waals surface area (Å²) in [6.07, 6.45) is 0.510. The highest BCUT2D eigenvalue weighted by Gasteiger charge is 2.33. The predicted molar refractivity (Wildman–Crippen MR) is 95.8 cm³/mol. The number of rotatable bonds is 3. The molecule has 1 atom stereocenters. The Bertz CT molecular complexity index is 649. The first-order valence-corrected chi connectivity index (χ1v) is 9.31. The van der Waals surface area contributed by atoms with Gasteiger partial charge in [0.1, 0.15) is 11.9 Å². The first-order chi connectivity index (χ1) is 13.2. The van der Waals surface area contributed by atoms with Crippen LogP contribution in [0.25, 0.3) is 5.73 Å². The van der Waals surface area contributed by atoms with Crippen LogP contribution in [0.15, 0.2) is 18.2 Å². The molecule has 2 saturated heterocycles. The van der Waals surface area contributed by atoms with Crippen molar-refractivity contribution in [3.05, 3.63) is 35.3 Å². The number of nitrogens with zero attached hydrogens (tertiary/aromatic N) is 1. The molecular weight excluding hydrogens is 380 g/mol. The van der Waals surface area contributed by atoms with Gasteiger partial charge in [-0.15, -0.1) is 5.69 Å². The van der Waals surface area contributed by atoms with E-state index in [1.165, 1.54) is 0 Å². The smallest absolute Gasteiger partial charge is 0.419 e. The third-order valence-corrected chi connectivity index (χ3v) is 5.01. The normalized spacial score (nSPS) is 21.6. The van der Waals surface area contributed by atoms with Gasteiger partial charge in [0, 0.05) is 19.8 Å². The van der Waals surface area contributed by atoms with Crippen LogP contribution in [0.2, 0.25) is 0 Å². The maximum Gasteiger partial charge on any atom is 0.419 e. The Morgan fingerprint density at radius 3 is 2.46 bits per heavy atom. The van der Waals surface area contributed by atoms with Crippen molar-refractivity contribution in [1.29, 1.82) is 0 Å². The van der Waals surface area contributed by atoms with Crippen LogP contribution >= 0.6 is 0 Å². The zero-order chi connectivity index (χ0) is 20.7. The highest BCUT2D eigenvalue weighted by molar-refractivity contribution is 5.73. The zero-order valence-corrected chi connectivity index (χ0v) is 15.5. The van der Waals surface area contributed by atoms with E-state index in [9.17, 15) is 27.5 Å². The van der Waals surface area contributed by atoms with Gasteiger partial charge in [-0.1, -0.05) is 12.5 Å². The number of halogens is 4. The molecule has 0 amide bonds. The third kappa shape index (κ3) is 6.63. The predicted octanol–water partition coefficient (Wildman–Crippen LogP) is 4.88. The third-order valence-electron chi connectivity index (χ3n) is 5.01. The number of benzene rings is 1. The lowest BCUT2D eigenvalue weighted by Gasteiger charge is -2.36. The molecule has 158 valence electrons. The molecule has 9 heteroatoms. The van der Waals surface area contributed by atoms with E-state index in [0.717, 1.165) is 64.5 Å². The second-order valence-electron chi connectivity index (χ2n) is 7.09. The van der Waals surface area contributed by atoms with Crippen molar-refractivity contribution in [3.8, 4) is 0 Å². The average molecular weight is 405 g/mol. The van der Waals surface area contributed by atoms with Crippen molar-refractivity contribution in [2.75, 3.05) is 26.3 Å². The number of carbonyl (C=O) groups is 1. The van der Waals surface area contributed by atoms with Gasteiger partial charge < -0.3 is 15.6 Å². The molecule has 0 aromatic heterocycles. The maximum absolute atomic E-state index is 12.5. The van der Waals surface area contributed by atoms with Crippen molar-refractivity contribution >= 4 is 11.7 Å². The number of ether oxygens (including phenoxy) is 1. The summed E-state index contributed by atoms with van der Waals surface area (Å²) in [4.78, 5) is 13.3. The van der Waals surface area contributed by atoms with E-state index >= 15 is 0 Å². The quantitative estimate of drug-likeness (QED) is 0.728. The number of hydrogen-bond acceptors (Lipinski definition) is 3. The van der Waals surface area contributed by atoms with Crippen LogP contribution in [0.1, 0.15) is 37.7 Å². The average Bonchev–Trinajstić information content (AvgIpc) is 2.62. The molecule has 5 nitrogen and oxygen atoms in total. The number of hydrogen-bond donors (Lipinski definition) is 1. The van der Waals surface area contributed by atoms with Crippen LogP contribution in [-0.4, -0.2) is 48.3 Å². The van der Waals surface area contributed by atoms with E-state index in [0.29, 0.717) is 18.1 Å². The molecule has 2 heterocycles. The fraction of sp³-hybridized carbons (Fsp3) is 0.632. The number of carboxylic acids is 1. The summed E-state index contributed by atoms with van der Waals surface area (Å²) in [5.41, 5.74) is 5.22. The molecule has 2 aliphatic rings. The summed E-state index contributed by atoms with van der Waals surface area (Å²) in [6.45, 7) is 3.58. The summed E-state index contributed by atoms with van der Waals surface area (Å²) in [7, 11) is 0. The van der Waals surface area contributed by atoms with Gasteiger partial charge in [0.15, 0.2) is 0 Å². The number of likely N-dealkylation sites (tertiary alicyclic amines) is 1. The molecular formula is C19H25F4N2O3-. The molecule has 2 fully saturated rings. The number of alkyl halides is 3. The molecule has 2 aliphatic heterocycles. The van der Waals surface area contributed by atoms with Crippen LogP contribution in [-0.2, 0) is 15.7 Å². The Balaban J connectivity index is 0.000000209. The van der Waals surface area contributed by atoms with Gasteiger partial charge >= 0.3 is 12.1 Å². The van der Waals surface area contributed by atoms with E-state index in [1.807, 2.05) is 0 Å². The topological polar surface area (TPSA) is 73.6 Å². The van der Waals surface area contributed by atoms with Crippen molar-refractivity contribution < 1.29 is 32.2 Å². The van der Waals surface area contributed by atoms with Gasteiger partial charge in [-0.25, -0.2) is 4.39 Å². The molecule has 0 radical (unpaired) electrons. The van der Waals surface area contributed by atoms with Crippen LogP contribution in [0.5, 0.6) is 0 Å². The van der Waals surface area contributed by atoms with Crippen molar-refractivity contribution in [2.24, 2.45) is 5.92 Å². The van der Waals surface area contributed by atoms with Gasteiger partial charge in [0.2, 0.25) is 0 Å². The van der Waals surface area contributed by atoms with Crippen LogP contribution < -0.4 is 0 Å². The first kappa shape index (κ1) is 22.4. The summed E-state index contributed by atoms with van der Waals surface area (Å²) in [6, 6.07) is 1.74. The number of carboxylic acid groups (broad SMARTS) is 1. The number of nitrogens with one attached hydrogen (secondary N) is 1. The number of aliphatic carboxylic acids is 1. The Hall–Kier alpha value is -1.87. The molecule has 1 aromatic carbocycles. The maximum atomic E-state index is 12.5. The Morgan fingerprint density at radius 1 is 1.21 bits per heavy atom. The highest BCUT2D eigenvalue weighted by Crippen LogP contribution is 2.32. The van der Waals surface area contributed by atoms with Crippen LogP contribution in [0.4, 0.5) is 23.2 Å². The Morgan fingerprint density at radius 2 is 1.89 bits per heavy atom. The summed E-state index contributed by atoms with van der Waals surface area (Å²) < 4.78 is 53.5. The summed E-state index contributed by atoms with van der Waals surface area (Å²) in [5, 5.41) is 9.17. The first-order valence-electron chi connectivity index (χ1n) is 9.31. The van der Waals surface area contributed by atoms with Gasteiger partial charge in [-0.2, -0.15) is 13.2 Å². The standard InChI is InChI=1S/C12H21NO3.C7H4F4N/c14-12(15)11-3-1-2-6-13(11)9-10-4-7-16-8-5-10;8-6-3-4(12)1-2-5(6)7(9,10)11/h10-11H,1-9H2,(H,14,15);1-3,12H/q;-1/t11-;/m0./s1. The lowest BCUT2D eigenvalue weighted by atomic mass is 9.95. The van der Waals surface area contributed by atoms with Gasteiger partial charge in [-0.05, 0) is 50.3 Å². The van der Waals surface area contributed by atoms with E-state index in [1.54, 1.807) is 0 Å². The van der Waals surface area contributed by atoms with E-state index in [-0.39, 0.29) is 11.7 Å². The molecule has 1 aromatic rings. The fourth-order valence-corrected chi connectivity index (χ4v) is 3.49. The van der Waals surface area contributed by atoms with Gasteiger partial charge in [-0.3, -0.25) is 9.69 Å². The summed E-state index contributed by atoms with van der Waals surface area (Å²) >= 11 is 0. The Kier molecular flexibility index (Phi) is 8.06. The second kappa shape index (κ2) is 10.1. The Labute approximate surface area is 161 Å². The van der Waals surface area contributed by atoms with Crippen molar-refractivity contribution in [2.45, 2.75) is 44.3 Å². The molecule has 0 spiro atoms. The lowest BCUT2D eigenvalue weighted by molar-refractivity contribution is -0.145. The van der Waals surface area contributed by atoms with Gasteiger partial charge in [0.05, 0.1) is 5.56 Å². The molecule has 0 bridgehead atoms. The lowest BCUT2D eigenvalue weighted by Crippen LogP contribution is -2.47. The molecule has 0 unspecified atom stereocenters. The van der Waals surface area contributed by atoms with E-state index < -0.39 is 23.5 Å². The molecule has 2 N–H and O–H groups in total. The SMILES string of the molecule is O=C(O)[C@@H]1CCCCN1CC1CCOCC1.[NH-]c1ccc(C(F)(F)F)c(F)c1. The van der Waals surface area contributed by atoms with Crippen LogP contribution in [0, 0.1) is 11.7 Å². The molecule has 3 rings (SSSR count). The fourth-order valence-electron chi connectivity index (χ4n) is 3.49. The van der Waals surface area contributed by atoms with Gasteiger partial charge in [0.25, 0.3) is 0 Å². The minimum absolute atomic E-state index is 0.239. The van der Waals surface area contributed by atoms with E-state index in [4.69, 9.17) is 10.5 Å². The molecule has 28 heavy (non-hydrogen) atoms. The minimum atomic E-state index is -4.68. The second-order valence-corrected chi connectivity index (χ2v) is 7.09. The molecule has 0 saturated carbocycles. The van der Waals surface area contributed by atoms with Crippen LogP contribution in [0.3, 0.4) is 0 Å². The minimum Gasteiger partial charge on any atom is -0.699 e. The van der Waals surface area contributed by atoms with Crippen molar-refractivity contribution in [3.63, 3.8) is 0 Å². The monoisotopic (exact) mass is 405 g/mol. The largest absolute Gasteiger partial charge is 0.699 e. The molecule has 0 aliphatic carbocycles. The summed E-state index contributed by atoms with van der Waals surface area (Å²) in [5.74, 6) is -1.42.